The van der Waals surface area contributed by atoms with Crippen molar-refractivity contribution < 1.29 is 23.7 Å². The number of hydrogen-bond acceptors (Lipinski definition) is 6. The van der Waals surface area contributed by atoms with Crippen molar-refractivity contribution in [3.63, 3.8) is 0 Å². The number of rotatable bonds is 6. The van der Waals surface area contributed by atoms with Crippen LogP contribution in [0, 0.1) is 0 Å². The number of allylic oxidation sites excluding steroid dienone is 1. The molecule has 6 nitrogen and oxygen atoms in total. The molecular weight excluding hydrogens is 382 g/mol. The lowest BCUT2D eigenvalue weighted by Gasteiger charge is -2.20. The van der Waals surface area contributed by atoms with Gasteiger partial charge in [0.25, 0.3) is 0 Å². The van der Waals surface area contributed by atoms with E-state index in [4.69, 9.17) is 30.5 Å². The van der Waals surface area contributed by atoms with Crippen molar-refractivity contribution in [2.45, 2.75) is 0 Å². The molecule has 0 N–H and O–H groups in total. The van der Waals surface area contributed by atoms with Gasteiger partial charge < -0.3 is 23.8 Å². The van der Waals surface area contributed by atoms with E-state index in [1.807, 2.05) is 19.0 Å². The molecule has 0 bridgehead atoms. The number of fused-ring (bicyclic) bond motifs is 1. The number of Topliss-reactive ketones (excluding diaryl/α,β-unsaturated/α-hetero) is 1. The second kappa shape index (κ2) is 8.44. The third-order valence-corrected chi connectivity index (χ3v) is 4.60. The molecule has 2 aromatic rings. The van der Waals surface area contributed by atoms with Crippen LogP contribution in [0.25, 0.3) is 6.08 Å². The molecule has 0 fully saturated rings. The van der Waals surface area contributed by atoms with E-state index in [-0.39, 0.29) is 10.8 Å². The van der Waals surface area contributed by atoms with Crippen LogP contribution in [0.2, 0.25) is 0 Å². The van der Waals surface area contributed by atoms with Gasteiger partial charge in [-0.1, -0.05) is 11.6 Å². The smallest absolute Gasteiger partial charge is 0.204 e. The first-order chi connectivity index (χ1) is 13.4. The molecule has 0 spiro atoms. The summed E-state index contributed by atoms with van der Waals surface area (Å²) < 4.78 is 21.9. The highest BCUT2D eigenvalue weighted by molar-refractivity contribution is 6.47. The Kier molecular flexibility index (Phi) is 5.99. The first-order valence-electron chi connectivity index (χ1n) is 8.69. The van der Waals surface area contributed by atoms with Crippen LogP contribution < -0.4 is 23.8 Å². The highest BCUT2D eigenvalue weighted by Gasteiger charge is 2.18. The predicted octanol–water partition coefficient (Wildman–Crippen LogP) is 4.00. The molecule has 3 rings (SSSR count). The zero-order valence-corrected chi connectivity index (χ0v) is 17.0. The van der Waals surface area contributed by atoms with Crippen LogP contribution in [0.15, 0.2) is 35.4 Å². The average Bonchev–Trinajstić information content (AvgIpc) is 2.71. The Morgan fingerprint density at radius 2 is 1.68 bits per heavy atom. The van der Waals surface area contributed by atoms with Crippen molar-refractivity contribution in [1.29, 1.82) is 0 Å². The number of carbonyl (C=O) groups excluding carboxylic acids is 1. The van der Waals surface area contributed by atoms with Gasteiger partial charge in [0.05, 0.1) is 24.9 Å². The van der Waals surface area contributed by atoms with E-state index in [9.17, 15) is 4.79 Å². The summed E-state index contributed by atoms with van der Waals surface area (Å²) >= 11 is 6.36. The SMILES string of the molecule is COc1cc2c(cc1C=C(Cl)C(=O)c1ccc(OC)c(N(C)C)c1)OCCO2. The van der Waals surface area contributed by atoms with Gasteiger partial charge in [-0.15, -0.1) is 0 Å². The molecule has 7 heteroatoms. The Morgan fingerprint density at radius 1 is 1.04 bits per heavy atom. The minimum Gasteiger partial charge on any atom is -0.496 e. The summed E-state index contributed by atoms with van der Waals surface area (Å²) in [5, 5.41) is 0.0600. The maximum atomic E-state index is 12.9. The molecule has 0 radical (unpaired) electrons. The number of anilines is 1. The van der Waals surface area contributed by atoms with Gasteiger partial charge in [0.1, 0.15) is 24.7 Å². The molecule has 1 heterocycles. The topological polar surface area (TPSA) is 57.2 Å². The summed E-state index contributed by atoms with van der Waals surface area (Å²) in [5.41, 5.74) is 1.88. The third kappa shape index (κ3) is 4.02. The highest BCUT2D eigenvalue weighted by Crippen LogP contribution is 2.38. The largest absolute Gasteiger partial charge is 0.496 e. The molecule has 2 aromatic carbocycles. The summed E-state index contributed by atoms with van der Waals surface area (Å²) in [6.07, 6.45) is 1.57. The lowest BCUT2D eigenvalue weighted by molar-refractivity contribution is 0.104. The molecular formula is C21H22ClNO5. The molecule has 0 saturated carbocycles. The molecule has 148 valence electrons. The van der Waals surface area contributed by atoms with Crippen molar-refractivity contribution in [2.24, 2.45) is 0 Å². The number of nitrogens with zero attached hydrogens (tertiary/aromatic N) is 1. The Balaban J connectivity index is 1.95. The van der Waals surface area contributed by atoms with Crippen molar-refractivity contribution in [3.8, 4) is 23.0 Å². The van der Waals surface area contributed by atoms with Gasteiger partial charge in [0.15, 0.2) is 11.5 Å². The Morgan fingerprint density at radius 3 is 2.29 bits per heavy atom. The van der Waals surface area contributed by atoms with Crippen LogP contribution >= 0.6 is 11.6 Å². The zero-order chi connectivity index (χ0) is 20.3. The van der Waals surface area contributed by atoms with Crippen LogP contribution in [0.4, 0.5) is 5.69 Å². The molecule has 0 unspecified atom stereocenters. The Bertz CT molecular complexity index is 923. The fraction of sp³-hybridized carbons (Fsp3) is 0.286. The maximum Gasteiger partial charge on any atom is 0.204 e. The highest BCUT2D eigenvalue weighted by atomic mass is 35.5. The summed E-state index contributed by atoms with van der Waals surface area (Å²) in [7, 11) is 6.89. The zero-order valence-electron chi connectivity index (χ0n) is 16.2. The van der Waals surface area contributed by atoms with E-state index >= 15 is 0 Å². The molecule has 1 aliphatic rings. The minimum atomic E-state index is -0.302. The van der Waals surface area contributed by atoms with E-state index in [2.05, 4.69) is 0 Å². The van der Waals surface area contributed by atoms with Gasteiger partial charge in [-0.05, 0) is 30.3 Å². The van der Waals surface area contributed by atoms with Crippen LogP contribution in [-0.2, 0) is 0 Å². The second-order valence-corrected chi connectivity index (χ2v) is 6.75. The van der Waals surface area contributed by atoms with E-state index in [1.54, 1.807) is 50.6 Å². The summed E-state index contributed by atoms with van der Waals surface area (Å²) in [6.45, 7) is 0.949. The second-order valence-electron chi connectivity index (χ2n) is 6.34. The van der Waals surface area contributed by atoms with E-state index in [0.717, 1.165) is 5.69 Å². The number of ether oxygens (including phenoxy) is 4. The molecule has 0 aromatic heterocycles. The van der Waals surface area contributed by atoms with E-state index < -0.39 is 0 Å². The van der Waals surface area contributed by atoms with Crippen LogP contribution in [-0.4, -0.2) is 47.3 Å². The fourth-order valence-electron chi connectivity index (χ4n) is 2.90. The summed E-state index contributed by atoms with van der Waals surface area (Å²) in [5.74, 6) is 2.11. The van der Waals surface area contributed by atoms with Crippen molar-refractivity contribution in [3.05, 3.63) is 46.5 Å². The van der Waals surface area contributed by atoms with E-state index in [1.165, 1.54) is 0 Å². The first kappa shape index (κ1) is 19.9. The lowest BCUT2D eigenvalue weighted by atomic mass is 10.1. The van der Waals surface area contributed by atoms with Gasteiger partial charge in [-0.2, -0.15) is 0 Å². The normalized spacial score (nSPS) is 13.1. The van der Waals surface area contributed by atoms with Crippen molar-refractivity contribution in [1.82, 2.24) is 0 Å². The average molecular weight is 404 g/mol. The standard InChI is InChI=1S/C21H22ClNO5/c1-23(2)16-10-13(5-6-17(16)25-3)21(24)15(22)9-14-11-19-20(12-18(14)26-4)28-8-7-27-19/h5-6,9-12H,7-8H2,1-4H3. The maximum absolute atomic E-state index is 12.9. The van der Waals surface area contributed by atoms with Crippen LogP contribution in [0.5, 0.6) is 23.0 Å². The lowest BCUT2D eigenvalue weighted by Crippen LogP contribution is -2.15. The van der Waals surface area contributed by atoms with Gasteiger partial charge in [-0.25, -0.2) is 0 Å². The van der Waals surface area contributed by atoms with Crippen molar-refractivity contribution >= 4 is 29.1 Å². The molecule has 0 atom stereocenters. The number of ketones is 1. The molecule has 0 aliphatic carbocycles. The molecule has 0 amide bonds. The fourth-order valence-corrected chi connectivity index (χ4v) is 3.12. The summed E-state index contributed by atoms with van der Waals surface area (Å²) in [4.78, 5) is 14.7. The van der Waals surface area contributed by atoms with Gasteiger partial charge in [-0.3, -0.25) is 4.79 Å². The number of benzene rings is 2. The van der Waals surface area contributed by atoms with Gasteiger partial charge >= 0.3 is 0 Å². The predicted molar refractivity (Wildman–Crippen MR) is 109 cm³/mol. The number of halogens is 1. The monoisotopic (exact) mass is 403 g/mol. The number of methoxy groups -OCH3 is 2. The molecule has 1 aliphatic heterocycles. The van der Waals surface area contributed by atoms with E-state index in [0.29, 0.717) is 47.3 Å². The Hall–Kier alpha value is -2.86. The minimum absolute atomic E-state index is 0.0600. The van der Waals surface area contributed by atoms with Crippen LogP contribution in [0.1, 0.15) is 15.9 Å². The van der Waals surface area contributed by atoms with Crippen LogP contribution in [0.3, 0.4) is 0 Å². The summed E-state index contributed by atoms with van der Waals surface area (Å²) in [6, 6.07) is 8.66. The molecule has 0 saturated heterocycles. The van der Waals surface area contributed by atoms with Gasteiger partial charge in [0, 0.05) is 31.3 Å². The molecule has 28 heavy (non-hydrogen) atoms. The first-order valence-corrected chi connectivity index (χ1v) is 9.07. The van der Waals surface area contributed by atoms with Gasteiger partial charge in [0.2, 0.25) is 5.78 Å². The van der Waals surface area contributed by atoms with Crippen molar-refractivity contribution in [2.75, 3.05) is 46.4 Å². The quantitative estimate of drug-likeness (QED) is 0.536. The third-order valence-electron chi connectivity index (χ3n) is 4.32. The number of carbonyl (C=O) groups is 1. The Labute approximate surface area is 169 Å². The number of hydrogen-bond donors (Lipinski definition) is 0.